The fourth-order valence-electron chi connectivity index (χ4n) is 0.150. The molecule has 0 aliphatic heterocycles. The maximum Gasteiger partial charge on any atom is 0.570 e. The highest BCUT2D eigenvalue weighted by atomic mass is 17.3. The fourth-order valence-corrected chi connectivity index (χ4v) is 0.150. The number of carbonyl (C=O) groups excluding carboxylic acids is 1. The van der Waals surface area contributed by atoms with Gasteiger partial charge in [-0.05, 0) is 0 Å². The van der Waals surface area contributed by atoms with Crippen molar-refractivity contribution in [2.75, 3.05) is 0 Å². The average molecular weight is 118 g/mol. The summed E-state index contributed by atoms with van der Waals surface area (Å²) in [6, 6.07) is 0. The van der Waals surface area contributed by atoms with Crippen LogP contribution in [0.2, 0.25) is 0 Å². The van der Waals surface area contributed by atoms with Crippen molar-refractivity contribution in [3.63, 3.8) is 0 Å². The minimum atomic E-state index is -1.03. The van der Waals surface area contributed by atoms with E-state index < -0.39 is 6.16 Å². The molecule has 0 aromatic carbocycles. The summed E-state index contributed by atoms with van der Waals surface area (Å²) in [5, 5.41) is 0. The lowest BCUT2D eigenvalue weighted by Crippen LogP contribution is -2.05. The lowest BCUT2D eigenvalue weighted by atomic mass is 10.6. The predicted molar refractivity (Wildman–Crippen MR) is 26.8 cm³/mol. The molecule has 0 fully saturated rings. The van der Waals surface area contributed by atoms with E-state index in [0.717, 1.165) is 0 Å². The van der Waals surface area contributed by atoms with Gasteiger partial charge in [0.2, 0.25) is 0 Å². The third-order valence-corrected chi connectivity index (χ3v) is 0.303. The minimum absolute atomic E-state index is 1.03. The molecule has 0 N–H and O–H groups in total. The average Bonchev–Trinajstić information content (AvgIpc) is 1.68. The van der Waals surface area contributed by atoms with E-state index in [1.165, 1.54) is 16.1 Å². The van der Waals surface area contributed by atoms with E-state index in [2.05, 4.69) is 19.4 Å². The van der Waals surface area contributed by atoms with Crippen LogP contribution in [0.15, 0.2) is 0 Å². The van der Waals surface area contributed by atoms with Crippen LogP contribution in [-0.2, 0) is 19.4 Å². The van der Waals surface area contributed by atoms with E-state index >= 15 is 0 Å². The molecule has 0 amide bonds. The topological polar surface area (TPSA) is 54.0 Å². The summed E-state index contributed by atoms with van der Waals surface area (Å²) in [6.45, 7) is 0. The molecule has 0 rings (SSSR count). The van der Waals surface area contributed by atoms with Crippen molar-refractivity contribution in [1.29, 1.82) is 0 Å². The summed E-state index contributed by atoms with van der Waals surface area (Å²) < 4.78 is 0. The molecule has 0 aliphatic carbocycles. The maximum absolute atomic E-state index is 9.95. The molecule has 7 heteroatoms. The van der Waals surface area contributed by atoms with E-state index in [4.69, 9.17) is 0 Å². The molecule has 0 aliphatic rings. The summed E-state index contributed by atoms with van der Waals surface area (Å²) in [5.74, 6) is 0. The normalized spacial score (nSPS) is 8.00. The number of rotatable bonds is 2. The third kappa shape index (κ3) is 3.51. The first-order valence-corrected chi connectivity index (χ1v) is 1.76. The van der Waals surface area contributed by atoms with Crippen molar-refractivity contribution < 1.29 is 24.2 Å². The van der Waals surface area contributed by atoms with Gasteiger partial charge in [-0.2, -0.15) is 4.79 Å². The second-order valence-electron chi connectivity index (χ2n) is 0.750. The molecule has 0 heterocycles. The zero-order valence-corrected chi connectivity index (χ0v) is 4.54. The van der Waals surface area contributed by atoms with Crippen molar-refractivity contribution in [2.24, 2.45) is 0 Å². The van der Waals surface area contributed by atoms with Crippen LogP contribution >= 0.6 is 0 Å². The maximum atomic E-state index is 9.95. The van der Waals surface area contributed by atoms with Gasteiger partial charge in [-0.1, -0.05) is 0 Å². The fraction of sp³-hybridized carbons (Fsp3) is 0. The van der Waals surface area contributed by atoms with Gasteiger partial charge < -0.3 is 0 Å². The Morgan fingerprint density at radius 1 is 1.12 bits per heavy atom. The van der Waals surface area contributed by atoms with Gasteiger partial charge in [-0.25, -0.2) is 0 Å². The van der Waals surface area contributed by atoms with Gasteiger partial charge in [0.15, 0.2) is 0 Å². The molecule has 0 radical (unpaired) electrons. The van der Waals surface area contributed by atoms with Gasteiger partial charge in [0, 0.05) is 0 Å². The second kappa shape index (κ2) is 4.48. The van der Waals surface area contributed by atoms with Crippen molar-refractivity contribution >= 4 is 22.3 Å². The highest BCUT2D eigenvalue weighted by Crippen LogP contribution is 1.81. The molecule has 0 spiro atoms. The summed E-state index contributed by atoms with van der Waals surface area (Å²) >= 11 is 0. The summed E-state index contributed by atoms with van der Waals surface area (Å²) in [5.41, 5.74) is 0. The number of hydrogen-bond donors (Lipinski definition) is 0. The Kier molecular flexibility index (Phi) is 4.10. The van der Waals surface area contributed by atoms with Crippen LogP contribution < -0.4 is 0 Å². The van der Waals surface area contributed by atoms with Gasteiger partial charge in [0.05, 0.1) is 0 Å². The van der Waals surface area contributed by atoms with Crippen LogP contribution in [0.4, 0.5) is 4.79 Å². The predicted octanol–water partition coefficient (Wildman–Crippen LogP) is -1.90. The number of hydrogen-bond acceptors (Lipinski definition) is 5. The molecule has 0 atom stereocenters. The largest absolute Gasteiger partial charge is 0.570 e. The first kappa shape index (κ1) is 7.32. The van der Waals surface area contributed by atoms with Crippen LogP contribution in [0.5, 0.6) is 0 Å². The van der Waals surface area contributed by atoms with Gasteiger partial charge in [0.1, 0.15) is 0 Å². The standard InChI is InChI=1S/CH4B2O5/c2-7-5-1(4)6-8-3/h2-3H2. The molecule has 8 heavy (non-hydrogen) atoms. The first-order valence-electron chi connectivity index (χ1n) is 1.76. The molecule has 0 aromatic rings. The van der Waals surface area contributed by atoms with E-state index in [9.17, 15) is 4.79 Å². The van der Waals surface area contributed by atoms with Gasteiger partial charge in [-0.15, -0.1) is 0 Å². The zero-order valence-electron chi connectivity index (χ0n) is 4.54. The van der Waals surface area contributed by atoms with Gasteiger partial charge in [-0.3, -0.25) is 19.4 Å². The van der Waals surface area contributed by atoms with Crippen LogP contribution in [-0.4, -0.2) is 22.3 Å². The minimum Gasteiger partial charge on any atom is -0.275 e. The lowest BCUT2D eigenvalue weighted by molar-refractivity contribution is -0.233. The molecular weight excluding hydrogens is 114 g/mol. The first-order chi connectivity index (χ1) is 3.81. The van der Waals surface area contributed by atoms with Crippen molar-refractivity contribution in [3.05, 3.63) is 0 Å². The molecular formula is CH4B2O5. The monoisotopic (exact) mass is 118 g/mol. The Hall–Kier alpha value is -0.680. The van der Waals surface area contributed by atoms with Crippen LogP contribution in [0.1, 0.15) is 0 Å². The van der Waals surface area contributed by atoms with Crippen molar-refractivity contribution in [3.8, 4) is 0 Å². The summed E-state index contributed by atoms with van der Waals surface area (Å²) in [7, 11) is 2.36. The molecule has 44 valence electrons. The highest BCUT2D eigenvalue weighted by Gasteiger charge is 2.00. The Bertz CT molecular complexity index is 64.8. The van der Waals surface area contributed by atoms with Crippen LogP contribution in [0, 0.1) is 0 Å². The van der Waals surface area contributed by atoms with E-state index in [1.807, 2.05) is 0 Å². The molecule has 5 nitrogen and oxygen atoms in total. The Morgan fingerprint density at radius 2 is 1.50 bits per heavy atom. The SMILES string of the molecule is BOOC(=O)OOB. The highest BCUT2D eigenvalue weighted by molar-refractivity contribution is 5.98. The van der Waals surface area contributed by atoms with Gasteiger partial charge in [0.25, 0.3) is 0 Å². The third-order valence-electron chi connectivity index (χ3n) is 0.303. The Balaban J connectivity index is 3.06. The lowest BCUT2D eigenvalue weighted by Gasteiger charge is -1.96. The summed E-state index contributed by atoms with van der Waals surface area (Å²) in [6.07, 6.45) is -1.03. The smallest absolute Gasteiger partial charge is 0.275 e. The molecule has 0 saturated heterocycles. The molecule has 0 aromatic heterocycles. The quantitative estimate of drug-likeness (QED) is 0.240. The Morgan fingerprint density at radius 3 is 1.75 bits per heavy atom. The summed E-state index contributed by atoms with van der Waals surface area (Å²) in [4.78, 5) is 25.3. The van der Waals surface area contributed by atoms with E-state index in [0.29, 0.717) is 0 Å². The zero-order chi connectivity index (χ0) is 6.41. The van der Waals surface area contributed by atoms with Crippen molar-refractivity contribution in [2.45, 2.75) is 0 Å². The Labute approximate surface area is 47.6 Å². The van der Waals surface area contributed by atoms with Crippen molar-refractivity contribution in [1.82, 2.24) is 0 Å². The molecule has 0 bridgehead atoms. The van der Waals surface area contributed by atoms with Gasteiger partial charge >= 0.3 is 22.3 Å². The molecule has 0 unspecified atom stereocenters. The van der Waals surface area contributed by atoms with Crippen LogP contribution in [0.3, 0.4) is 0 Å². The van der Waals surface area contributed by atoms with E-state index in [-0.39, 0.29) is 0 Å². The van der Waals surface area contributed by atoms with Crippen LogP contribution in [0.25, 0.3) is 0 Å². The molecule has 0 saturated carbocycles. The number of carbonyl (C=O) groups is 1. The van der Waals surface area contributed by atoms with E-state index in [1.54, 1.807) is 0 Å². The second-order valence-corrected chi connectivity index (χ2v) is 0.750.